The maximum Gasteiger partial charge on any atom is 0.240 e. The van der Waals surface area contributed by atoms with Gasteiger partial charge in [-0.05, 0) is 18.2 Å². The summed E-state index contributed by atoms with van der Waals surface area (Å²) in [6, 6.07) is 6.90. The van der Waals surface area contributed by atoms with Crippen molar-refractivity contribution in [2.24, 2.45) is 0 Å². The van der Waals surface area contributed by atoms with Crippen molar-refractivity contribution in [3.8, 4) is 6.07 Å². The molecule has 2 rings (SSSR count). The van der Waals surface area contributed by atoms with Crippen molar-refractivity contribution in [2.75, 3.05) is 24.6 Å². The van der Waals surface area contributed by atoms with Gasteiger partial charge in [0.1, 0.15) is 0 Å². The summed E-state index contributed by atoms with van der Waals surface area (Å²) >= 11 is 0. The van der Waals surface area contributed by atoms with Crippen molar-refractivity contribution in [2.45, 2.75) is 17.0 Å². The molecular formula is C13H17N3O5S2. The number of sulfonamides is 1. The number of nitriles is 1. The highest BCUT2D eigenvalue weighted by Gasteiger charge is 2.35. The van der Waals surface area contributed by atoms with E-state index in [4.69, 9.17) is 5.26 Å². The third-order valence-electron chi connectivity index (χ3n) is 3.42. The first-order valence-corrected chi connectivity index (χ1v) is 10.2. The van der Waals surface area contributed by atoms with Gasteiger partial charge in [0.05, 0.1) is 34.1 Å². The summed E-state index contributed by atoms with van der Waals surface area (Å²) in [5.41, 5.74) is 0.241. The summed E-state index contributed by atoms with van der Waals surface area (Å²) in [5, 5.41) is 21.2. The van der Waals surface area contributed by atoms with Gasteiger partial charge in [-0.25, -0.2) is 21.6 Å². The van der Waals surface area contributed by atoms with Gasteiger partial charge >= 0.3 is 0 Å². The average Bonchev–Trinajstić information content (AvgIpc) is 2.76. The van der Waals surface area contributed by atoms with Crippen LogP contribution < -0.4 is 10.0 Å². The van der Waals surface area contributed by atoms with Crippen molar-refractivity contribution in [1.82, 2.24) is 10.0 Å². The molecule has 0 bridgehead atoms. The number of aliphatic hydroxyl groups is 1. The Bertz CT molecular complexity index is 814. The van der Waals surface area contributed by atoms with Gasteiger partial charge in [0.25, 0.3) is 0 Å². The van der Waals surface area contributed by atoms with Gasteiger partial charge in [-0.1, -0.05) is 6.07 Å². The molecule has 2 atom stereocenters. The number of rotatable bonds is 6. The SMILES string of the molecule is N#Cc1cccc(S(=O)(=O)NCCN[C@H]2CS(=O)(=O)C[C@H]2O)c1. The molecule has 1 fully saturated rings. The first-order valence-electron chi connectivity index (χ1n) is 6.85. The molecule has 1 aromatic rings. The normalized spacial score (nSPS) is 23.5. The molecule has 1 aromatic carbocycles. The number of benzene rings is 1. The van der Waals surface area contributed by atoms with Crippen LogP contribution in [0.3, 0.4) is 0 Å². The molecule has 0 aromatic heterocycles. The summed E-state index contributed by atoms with van der Waals surface area (Å²) in [4.78, 5) is -0.0139. The van der Waals surface area contributed by atoms with E-state index in [0.717, 1.165) is 0 Å². The highest BCUT2D eigenvalue weighted by Crippen LogP contribution is 2.12. The minimum absolute atomic E-state index is 0.0139. The first kappa shape index (κ1) is 17.8. The maximum atomic E-state index is 12.1. The molecule has 1 aliphatic heterocycles. The largest absolute Gasteiger partial charge is 0.390 e. The molecule has 0 spiro atoms. The molecular weight excluding hydrogens is 342 g/mol. The second kappa shape index (κ2) is 6.94. The third kappa shape index (κ3) is 4.73. The van der Waals surface area contributed by atoms with Crippen LogP contribution in [0.5, 0.6) is 0 Å². The first-order chi connectivity index (χ1) is 10.7. The Morgan fingerprint density at radius 2 is 2.04 bits per heavy atom. The van der Waals surface area contributed by atoms with Crippen molar-refractivity contribution in [3.05, 3.63) is 29.8 Å². The molecule has 0 saturated carbocycles. The molecule has 0 aliphatic carbocycles. The summed E-state index contributed by atoms with van der Waals surface area (Å²) in [6.45, 7) is 0.205. The van der Waals surface area contributed by atoms with E-state index in [0.29, 0.717) is 0 Å². The highest BCUT2D eigenvalue weighted by molar-refractivity contribution is 7.91. The molecule has 0 amide bonds. The van der Waals surface area contributed by atoms with E-state index in [1.165, 1.54) is 24.3 Å². The summed E-state index contributed by atoms with van der Waals surface area (Å²) < 4.78 is 49.2. The zero-order valence-electron chi connectivity index (χ0n) is 12.1. The standard InChI is InChI=1S/C13H17N3O5S2/c14-7-10-2-1-3-11(6-10)23(20,21)16-5-4-15-12-8-22(18,19)9-13(12)17/h1-3,6,12-13,15-17H,4-5,8-9H2/t12-,13+/m0/s1. The Labute approximate surface area is 135 Å². The van der Waals surface area contributed by atoms with Gasteiger partial charge in [0.2, 0.25) is 10.0 Å². The molecule has 23 heavy (non-hydrogen) atoms. The molecule has 8 nitrogen and oxygen atoms in total. The second-order valence-electron chi connectivity index (χ2n) is 5.24. The number of hydrogen-bond donors (Lipinski definition) is 3. The van der Waals surface area contributed by atoms with Crippen LogP contribution in [0.2, 0.25) is 0 Å². The van der Waals surface area contributed by atoms with Crippen LogP contribution in [0.15, 0.2) is 29.2 Å². The van der Waals surface area contributed by atoms with Crippen LogP contribution in [-0.2, 0) is 19.9 Å². The van der Waals surface area contributed by atoms with E-state index < -0.39 is 32.0 Å². The van der Waals surface area contributed by atoms with Gasteiger partial charge in [0.15, 0.2) is 9.84 Å². The third-order valence-corrected chi connectivity index (χ3v) is 6.59. The monoisotopic (exact) mass is 359 g/mol. The van der Waals surface area contributed by atoms with E-state index >= 15 is 0 Å². The zero-order chi connectivity index (χ0) is 17.1. The average molecular weight is 359 g/mol. The van der Waals surface area contributed by atoms with Crippen LogP contribution in [0.1, 0.15) is 5.56 Å². The number of nitrogens with zero attached hydrogens (tertiary/aromatic N) is 1. The summed E-state index contributed by atoms with van der Waals surface area (Å²) in [7, 11) is -6.99. The molecule has 1 aliphatic rings. The van der Waals surface area contributed by atoms with E-state index in [-0.39, 0.29) is 35.1 Å². The fourth-order valence-corrected chi connectivity index (χ4v) is 5.14. The molecule has 0 radical (unpaired) electrons. The highest BCUT2D eigenvalue weighted by atomic mass is 32.2. The van der Waals surface area contributed by atoms with E-state index in [2.05, 4.69) is 10.0 Å². The molecule has 10 heteroatoms. The fraction of sp³-hybridized carbons (Fsp3) is 0.462. The van der Waals surface area contributed by atoms with Crippen molar-refractivity contribution in [3.63, 3.8) is 0 Å². The second-order valence-corrected chi connectivity index (χ2v) is 9.16. The molecule has 3 N–H and O–H groups in total. The molecule has 1 heterocycles. The molecule has 1 saturated heterocycles. The molecule has 0 unspecified atom stereocenters. The Balaban J connectivity index is 1.87. The lowest BCUT2D eigenvalue weighted by Crippen LogP contribution is -2.42. The predicted molar refractivity (Wildman–Crippen MR) is 82.8 cm³/mol. The Kier molecular flexibility index (Phi) is 5.38. The summed E-state index contributed by atoms with van der Waals surface area (Å²) in [6.07, 6.45) is -0.982. The smallest absolute Gasteiger partial charge is 0.240 e. The van der Waals surface area contributed by atoms with Gasteiger partial charge in [0, 0.05) is 19.1 Å². The lowest BCUT2D eigenvalue weighted by molar-refractivity contribution is 0.166. The summed E-state index contributed by atoms with van der Waals surface area (Å²) in [5.74, 6) is -0.442. The minimum Gasteiger partial charge on any atom is -0.390 e. The van der Waals surface area contributed by atoms with Crippen LogP contribution in [-0.4, -0.2) is 58.7 Å². The Morgan fingerprint density at radius 3 is 2.65 bits per heavy atom. The zero-order valence-corrected chi connectivity index (χ0v) is 13.8. The van der Waals surface area contributed by atoms with Gasteiger partial charge in [-0.15, -0.1) is 0 Å². The maximum absolute atomic E-state index is 12.1. The van der Waals surface area contributed by atoms with Crippen LogP contribution in [0.25, 0.3) is 0 Å². The van der Waals surface area contributed by atoms with Gasteiger partial charge < -0.3 is 10.4 Å². The van der Waals surface area contributed by atoms with Gasteiger partial charge in [-0.3, -0.25) is 0 Å². The fourth-order valence-electron chi connectivity index (χ4n) is 2.28. The lowest BCUT2D eigenvalue weighted by Gasteiger charge is -2.15. The topological polar surface area (TPSA) is 136 Å². The van der Waals surface area contributed by atoms with Crippen molar-refractivity contribution < 1.29 is 21.9 Å². The van der Waals surface area contributed by atoms with Gasteiger partial charge in [-0.2, -0.15) is 5.26 Å². The Hall–Kier alpha value is -1.51. The molecule has 126 valence electrons. The van der Waals surface area contributed by atoms with E-state index in [1.54, 1.807) is 0 Å². The van der Waals surface area contributed by atoms with E-state index in [9.17, 15) is 21.9 Å². The number of sulfone groups is 1. The lowest BCUT2D eigenvalue weighted by atomic mass is 10.2. The Morgan fingerprint density at radius 1 is 1.30 bits per heavy atom. The minimum atomic E-state index is -3.75. The van der Waals surface area contributed by atoms with Crippen molar-refractivity contribution in [1.29, 1.82) is 5.26 Å². The quantitative estimate of drug-likeness (QED) is 0.530. The van der Waals surface area contributed by atoms with Crippen LogP contribution in [0, 0.1) is 11.3 Å². The predicted octanol–water partition coefficient (Wildman–Crippen LogP) is -1.42. The van der Waals surface area contributed by atoms with Crippen LogP contribution in [0.4, 0.5) is 0 Å². The number of hydrogen-bond acceptors (Lipinski definition) is 7. The van der Waals surface area contributed by atoms with Crippen LogP contribution >= 0.6 is 0 Å². The number of nitrogens with one attached hydrogen (secondary N) is 2. The van der Waals surface area contributed by atoms with Crippen molar-refractivity contribution >= 4 is 19.9 Å². The number of aliphatic hydroxyl groups excluding tert-OH is 1. The van der Waals surface area contributed by atoms with E-state index in [1.807, 2.05) is 6.07 Å².